The topological polar surface area (TPSA) is 84.5 Å². The highest BCUT2D eigenvalue weighted by Gasteiger charge is 2.30. The molecule has 2 rings (SSSR count). The smallest absolute Gasteiger partial charge is 0.416 e. The van der Waals surface area contributed by atoms with Crippen molar-refractivity contribution < 1.29 is 32.3 Å². The highest BCUT2D eigenvalue weighted by molar-refractivity contribution is 6.31. The van der Waals surface area contributed by atoms with Crippen LogP contribution >= 0.6 is 11.6 Å². The van der Waals surface area contributed by atoms with Crippen molar-refractivity contribution in [2.24, 2.45) is 0 Å². The predicted octanol–water partition coefficient (Wildman–Crippen LogP) is 4.11. The summed E-state index contributed by atoms with van der Waals surface area (Å²) >= 11 is 6.10. The Bertz CT molecular complexity index is 934. The number of hydrogen-bond donors (Lipinski definition) is 2. The minimum Gasteiger partial charge on any atom is -0.455 e. The molecule has 160 valence electrons. The van der Waals surface area contributed by atoms with Gasteiger partial charge >= 0.3 is 12.1 Å². The molecule has 0 bridgehead atoms. The Hall–Kier alpha value is -3.07. The SMILES string of the molecule is CC(=O)N[C@@H](CC(=O)OCC(=O)Nc1cccc(C(F)(F)F)c1)c1ccccc1Cl. The molecule has 0 heterocycles. The van der Waals surface area contributed by atoms with Crippen LogP contribution in [0.5, 0.6) is 0 Å². The summed E-state index contributed by atoms with van der Waals surface area (Å²) in [5.41, 5.74) is -0.506. The Balaban J connectivity index is 1.94. The van der Waals surface area contributed by atoms with Gasteiger partial charge in [0, 0.05) is 17.6 Å². The quantitative estimate of drug-likeness (QED) is 0.632. The highest BCUT2D eigenvalue weighted by Crippen LogP contribution is 2.30. The number of nitrogens with one attached hydrogen (secondary N) is 2. The summed E-state index contributed by atoms with van der Waals surface area (Å²) in [5.74, 6) is -2.00. The van der Waals surface area contributed by atoms with Crippen molar-refractivity contribution in [1.82, 2.24) is 5.32 Å². The van der Waals surface area contributed by atoms with Crippen LogP contribution in [0.1, 0.15) is 30.5 Å². The molecule has 0 aliphatic rings. The van der Waals surface area contributed by atoms with Gasteiger partial charge in [-0.3, -0.25) is 14.4 Å². The first-order valence-corrected chi connectivity index (χ1v) is 9.08. The molecule has 0 saturated heterocycles. The monoisotopic (exact) mass is 442 g/mol. The molecular formula is C20H18ClF3N2O4. The molecule has 2 aromatic carbocycles. The molecule has 0 saturated carbocycles. The fourth-order valence-electron chi connectivity index (χ4n) is 2.58. The van der Waals surface area contributed by atoms with E-state index in [9.17, 15) is 27.6 Å². The molecule has 0 aliphatic heterocycles. The summed E-state index contributed by atoms with van der Waals surface area (Å²) in [6.07, 6.45) is -4.84. The molecule has 1 atom stereocenters. The van der Waals surface area contributed by atoms with Gasteiger partial charge in [0.15, 0.2) is 6.61 Å². The first-order chi connectivity index (χ1) is 14.1. The summed E-state index contributed by atoms with van der Waals surface area (Å²) in [6.45, 7) is 0.572. The molecule has 0 aromatic heterocycles. The van der Waals surface area contributed by atoms with Crippen molar-refractivity contribution in [3.05, 3.63) is 64.7 Å². The zero-order valence-electron chi connectivity index (χ0n) is 15.8. The van der Waals surface area contributed by atoms with Crippen LogP contribution in [0.4, 0.5) is 18.9 Å². The number of halogens is 4. The largest absolute Gasteiger partial charge is 0.455 e. The number of esters is 1. The molecule has 30 heavy (non-hydrogen) atoms. The van der Waals surface area contributed by atoms with E-state index in [-0.39, 0.29) is 12.1 Å². The standard InChI is InChI=1S/C20H18ClF3N2O4/c1-12(27)25-17(15-7-2-3-8-16(15)21)10-19(29)30-11-18(28)26-14-6-4-5-13(9-14)20(22,23)24/h2-9,17H,10-11H2,1H3,(H,25,27)(H,26,28)/t17-/m0/s1. The maximum Gasteiger partial charge on any atom is 0.416 e. The van der Waals surface area contributed by atoms with Crippen LogP contribution in [-0.2, 0) is 25.3 Å². The fraction of sp³-hybridized carbons (Fsp3) is 0.250. The van der Waals surface area contributed by atoms with Gasteiger partial charge in [-0.15, -0.1) is 0 Å². The summed E-state index contributed by atoms with van der Waals surface area (Å²) in [7, 11) is 0. The average molecular weight is 443 g/mol. The Labute approximate surface area is 175 Å². The van der Waals surface area contributed by atoms with E-state index in [2.05, 4.69) is 10.6 Å². The van der Waals surface area contributed by atoms with E-state index < -0.39 is 42.2 Å². The number of ether oxygens (including phenoxy) is 1. The zero-order valence-corrected chi connectivity index (χ0v) is 16.5. The van der Waals surface area contributed by atoms with E-state index in [0.717, 1.165) is 18.2 Å². The average Bonchev–Trinajstić information content (AvgIpc) is 2.65. The molecule has 2 aromatic rings. The van der Waals surface area contributed by atoms with Gasteiger partial charge in [-0.2, -0.15) is 13.2 Å². The maximum atomic E-state index is 12.7. The van der Waals surface area contributed by atoms with Crippen LogP contribution in [0.3, 0.4) is 0 Å². The number of carbonyl (C=O) groups excluding carboxylic acids is 3. The third kappa shape index (κ3) is 7.07. The van der Waals surface area contributed by atoms with Crippen molar-refractivity contribution in [3.8, 4) is 0 Å². The minimum atomic E-state index is -4.55. The van der Waals surface area contributed by atoms with Gasteiger partial charge in [-0.1, -0.05) is 35.9 Å². The Kier molecular flexibility index (Phi) is 7.82. The van der Waals surface area contributed by atoms with Crippen LogP contribution in [-0.4, -0.2) is 24.4 Å². The molecule has 2 N–H and O–H groups in total. The highest BCUT2D eigenvalue weighted by atomic mass is 35.5. The summed E-state index contributed by atoms with van der Waals surface area (Å²) < 4.78 is 43.0. The molecule has 0 unspecified atom stereocenters. The number of benzene rings is 2. The first-order valence-electron chi connectivity index (χ1n) is 8.70. The zero-order chi connectivity index (χ0) is 22.3. The van der Waals surface area contributed by atoms with Gasteiger partial charge in [0.2, 0.25) is 5.91 Å². The van der Waals surface area contributed by atoms with Crippen LogP contribution in [0.15, 0.2) is 48.5 Å². The van der Waals surface area contributed by atoms with Crippen molar-refractivity contribution in [2.75, 3.05) is 11.9 Å². The van der Waals surface area contributed by atoms with Crippen molar-refractivity contribution in [3.63, 3.8) is 0 Å². The van der Waals surface area contributed by atoms with Crippen LogP contribution in [0, 0.1) is 0 Å². The fourth-order valence-corrected chi connectivity index (χ4v) is 2.85. The second-order valence-corrected chi connectivity index (χ2v) is 6.67. The lowest BCUT2D eigenvalue weighted by Gasteiger charge is -2.18. The Morgan fingerprint density at radius 3 is 2.43 bits per heavy atom. The lowest BCUT2D eigenvalue weighted by molar-refractivity contribution is -0.148. The number of hydrogen-bond acceptors (Lipinski definition) is 4. The second kappa shape index (κ2) is 10.1. The normalized spacial score (nSPS) is 12.0. The number of rotatable bonds is 7. The van der Waals surface area contributed by atoms with E-state index in [0.29, 0.717) is 10.6 Å². The van der Waals surface area contributed by atoms with Crippen molar-refractivity contribution in [1.29, 1.82) is 0 Å². The molecule has 0 spiro atoms. The molecule has 0 aliphatic carbocycles. The van der Waals surface area contributed by atoms with E-state index in [1.54, 1.807) is 24.3 Å². The third-order valence-corrected chi connectivity index (χ3v) is 4.21. The van der Waals surface area contributed by atoms with E-state index in [1.165, 1.54) is 13.0 Å². The number of carbonyl (C=O) groups is 3. The lowest BCUT2D eigenvalue weighted by Crippen LogP contribution is -2.29. The van der Waals surface area contributed by atoms with Gasteiger partial charge in [-0.05, 0) is 29.8 Å². The van der Waals surface area contributed by atoms with E-state index >= 15 is 0 Å². The first kappa shape index (κ1) is 23.2. The number of amides is 2. The molecule has 0 fully saturated rings. The second-order valence-electron chi connectivity index (χ2n) is 6.27. The summed E-state index contributed by atoms with van der Waals surface area (Å²) in [4.78, 5) is 35.5. The number of anilines is 1. The Morgan fingerprint density at radius 2 is 1.80 bits per heavy atom. The van der Waals surface area contributed by atoms with Crippen molar-refractivity contribution in [2.45, 2.75) is 25.6 Å². The maximum absolute atomic E-state index is 12.7. The predicted molar refractivity (Wildman–Crippen MR) is 104 cm³/mol. The molecule has 6 nitrogen and oxygen atoms in total. The van der Waals surface area contributed by atoms with Crippen LogP contribution < -0.4 is 10.6 Å². The van der Waals surface area contributed by atoms with Crippen molar-refractivity contribution >= 4 is 35.1 Å². The summed E-state index contributed by atoms with van der Waals surface area (Å²) in [5, 5.41) is 5.15. The van der Waals surface area contributed by atoms with Gasteiger partial charge in [0.1, 0.15) is 0 Å². The molecule has 0 radical (unpaired) electrons. The van der Waals surface area contributed by atoms with Gasteiger partial charge in [-0.25, -0.2) is 0 Å². The van der Waals surface area contributed by atoms with E-state index in [1.807, 2.05) is 0 Å². The minimum absolute atomic E-state index is 0.0851. The molecule has 2 amide bonds. The van der Waals surface area contributed by atoms with Crippen LogP contribution in [0.2, 0.25) is 5.02 Å². The number of alkyl halides is 3. The molecular weight excluding hydrogens is 425 g/mol. The Morgan fingerprint density at radius 1 is 1.10 bits per heavy atom. The van der Waals surface area contributed by atoms with Crippen LogP contribution in [0.25, 0.3) is 0 Å². The van der Waals surface area contributed by atoms with Gasteiger partial charge < -0.3 is 15.4 Å². The summed E-state index contributed by atoms with van der Waals surface area (Å²) in [6, 6.07) is 9.89. The molecule has 10 heteroatoms. The van der Waals surface area contributed by atoms with Gasteiger partial charge in [0.25, 0.3) is 5.91 Å². The lowest BCUT2D eigenvalue weighted by atomic mass is 10.0. The van der Waals surface area contributed by atoms with E-state index in [4.69, 9.17) is 16.3 Å². The van der Waals surface area contributed by atoms with Gasteiger partial charge in [0.05, 0.1) is 18.0 Å². The third-order valence-electron chi connectivity index (χ3n) is 3.87.